The van der Waals surface area contributed by atoms with Gasteiger partial charge >= 0.3 is 5.97 Å². The summed E-state index contributed by atoms with van der Waals surface area (Å²) < 4.78 is 0. The summed E-state index contributed by atoms with van der Waals surface area (Å²) in [5.74, 6) is -8.79. The molecule has 0 aromatic carbocycles. The number of aliphatic hydroxyl groups excluding tert-OH is 2. The number of aliphatic imine (C=N–C) groups is 1. The number of aliphatic hydroxyl groups is 2. The molecule has 24 nitrogen and oxygen atoms in total. The van der Waals surface area contributed by atoms with Gasteiger partial charge in [0.2, 0.25) is 47.3 Å². The number of likely N-dealkylation sites (tertiary alicyclic amines) is 2. The van der Waals surface area contributed by atoms with Crippen LogP contribution in [0, 0.1) is 5.92 Å². The minimum atomic E-state index is -1.70. The number of amides is 8. The highest BCUT2D eigenvalue weighted by atomic mass is 16.4. The van der Waals surface area contributed by atoms with E-state index in [1.165, 1.54) is 23.6 Å². The second-order valence-corrected chi connectivity index (χ2v) is 14.9. The van der Waals surface area contributed by atoms with E-state index in [9.17, 15) is 58.5 Å². The van der Waals surface area contributed by atoms with Crippen LogP contribution in [0.4, 0.5) is 0 Å². The van der Waals surface area contributed by atoms with E-state index < -0.39 is 127 Å². The first kappa shape index (κ1) is 49.5. The number of carboxylic acid groups (broad SMARTS) is 1. The molecule has 0 aromatic rings. The third-order valence-electron chi connectivity index (χ3n) is 9.78. The molecule has 0 spiro atoms. The number of hydrogen-bond acceptors (Lipinski definition) is 13. The molecule has 8 amide bonds. The quantitative estimate of drug-likeness (QED) is 0.0274. The molecular formula is C35H60N12O12. The largest absolute Gasteiger partial charge is 0.480 e. The molecule has 2 aliphatic rings. The summed E-state index contributed by atoms with van der Waals surface area (Å²) in [6.07, 6.45) is -0.795. The van der Waals surface area contributed by atoms with E-state index in [2.05, 4.69) is 26.3 Å². The number of carbonyl (C=O) groups is 9. The number of primary amides is 1. The summed E-state index contributed by atoms with van der Waals surface area (Å²) in [5, 5.41) is 40.6. The van der Waals surface area contributed by atoms with Crippen molar-refractivity contribution in [2.45, 2.75) is 127 Å². The zero-order valence-electron chi connectivity index (χ0n) is 33.7. The van der Waals surface area contributed by atoms with Gasteiger partial charge in [-0.1, -0.05) is 13.8 Å². The summed E-state index contributed by atoms with van der Waals surface area (Å²) in [7, 11) is 0. The van der Waals surface area contributed by atoms with Crippen LogP contribution in [0.15, 0.2) is 4.99 Å². The van der Waals surface area contributed by atoms with Gasteiger partial charge in [0, 0.05) is 19.6 Å². The Morgan fingerprint density at radius 3 is 1.81 bits per heavy atom. The van der Waals surface area contributed by atoms with Crippen molar-refractivity contribution in [3.05, 3.63) is 0 Å². The third kappa shape index (κ3) is 14.6. The lowest BCUT2D eigenvalue weighted by molar-refractivity contribution is -0.149. The van der Waals surface area contributed by atoms with Crippen LogP contribution in [0.1, 0.15) is 72.6 Å². The molecule has 2 saturated heterocycles. The maximum Gasteiger partial charge on any atom is 0.328 e. The second kappa shape index (κ2) is 23.1. The zero-order valence-corrected chi connectivity index (χ0v) is 33.7. The van der Waals surface area contributed by atoms with E-state index in [0.717, 1.165) is 0 Å². The zero-order chi connectivity index (χ0) is 44.7. The van der Waals surface area contributed by atoms with Crippen LogP contribution in [-0.4, -0.2) is 165 Å². The van der Waals surface area contributed by atoms with Crippen LogP contribution < -0.4 is 49.5 Å². The average molecular weight is 841 g/mol. The van der Waals surface area contributed by atoms with E-state index in [0.29, 0.717) is 12.8 Å². The number of nitrogens with one attached hydrogen (secondary N) is 5. The minimum absolute atomic E-state index is 0.0553. The predicted octanol–water partition coefficient (Wildman–Crippen LogP) is -6.22. The van der Waals surface area contributed by atoms with Gasteiger partial charge in [-0.25, -0.2) is 4.79 Å². The molecule has 59 heavy (non-hydrogen) atoms. The average Bonchev–Trinajstić information content (AvgIpc) is 3.85. The molecule has 2 aliphatic heterocycles. The van der Waals surface area contributed by atoms with Crippen LogP contribution in [0.3, 0.4) is 0 Å². The third-order valence-corrected chi connectivity index (χ3v) is 9.78. The molecule has 0 radical (unpaired) electrons. The lowest BCUT2D eigenvalue weighted by Gasteiger charge is -2.34. The monoisotopic (exact) mass is 840 g/mol. The Balaban J connectivity index is 2.29. The first-order valence-corrected chi connectivity index (χ1v) is 19.3. The van der Waals surface area contributed by atoms with Gasteiger partial charge in [0.05, 0.1) is 25.2 Å². The van der Waals surface area contributed by atoms with Crippen LogP contribution in [0.25, 0.3) is 0 Å². The molecule has 2 rings (SSSR count). The minimum Gasteiger partial charge on any atom is -0.480 e. The van der Waals surface area contributed by atoms with Crippen molar-refractivity contribution < 1.29 is 58.5 Å². The fraction of sp³-hybridized carbons (Fsp3) is 0.714. The number of carbonyl (C=O) groups excluding carboxylic acids is 8. The van der Waals surface area contributed by atoms with Crippen molar-refractivity contribution in [3.8, 4) is 0 Å². The van der Waals surface area contributed by atoms with Gasteiger partial charge in [-0.3, -0.25) is 43.3 Å². The maximum absolute atomic E-state index is 14.2. The molecule has 16 N–H and O–H groups in total. The van der Waals surface area contributed by atoms with Crippen LogP contribution in [0.2, 0.25) is 0 Å². The van der Waals surface area contributed by atoms with Crippen molar-refractivity contribution in [1.29, 1.82) is 0 Å². The molecule has 332 valence electrons. The fourth-order valence-corrected chi connectivity index (χ4v) is 6.59. The van der Waals surface area contributed by atoms with Crippen LogP contribution >= 0.6 is 0 Å². The summed E-state index contributed by atoms with van der Waals surface area (Å²) >= 11 is 0. The molecular weight excluding hydrogens is 780 g/mol. The topological polar surface area (TPSA) is 397 Å². The van der Waals surface area contributed by atoms with Crippen molar-refractivity contribution in [3.63, 3.8) is 0 Å². The van der Waals surface area contributed by atoms with E-state index in [-0.39, 0.29) is 51.3 Å². The first-order valence-electron chi connectivity index (χ1n) is 19.3. The maximum atomic E-state index is 14.2. The van der Waals surface area contributed by atoms with Gasteiger partial charge in [0.15, 0.2) is 5.96 Å². The second-order valence-electron chi connectivity index (χ2n) is 14.9. The van der Waals surface area contributed by atoms with Gasteiger partial charge in [0.1, 0.15) is 42.3 Å². The Hall–Kier alpha value is -5.62. The Labute approximate surface area is 340 Å². The molecule has 0 aliphatic carbocycles. The first-order chi connectivity index (χ1) is 27.6. The van der Waals surface area contributed by atoms with Gasteiger partial charge in [-0.05, 0) is 58.3 Å². The standard InChI is InChI=1S/C35H60N12O12/c1-16(2)25(44-28(52)19(8-5-11-40-35(38)39)41-29(53)20(14-24(37)50)42-27(51)17(3)36)33(57)47-13-7-10-23(47)32(56)46-12-6-9-22(46)30(54)45-26(18(4)49)31(55)43-21(15-48)34(58)59/h16-23,25-26,48-49H,5-15,36H2,1-4H3,(H2,37,50)(H,41,53)(H,42,51)(H,43,55)(H,44,52)(H,45,54)(H,58,59)(H4,38,39,40)/t17-,18+,19-,20-,21-,22-,23-,25-,26-/m0/s1. The van der Waals surface area contributed by atoms with Gasteiger partial charge in [-0.2, -0.15) is 0 Å². The smallest absolute Gasteiger partial charge is 0.328 e. The van der Waals surface area contributed by atoms with Gasteiger partial charge in [0.25, 0.3) is 0 Å². The number of nitrogens with zero attached hydrogens (tertiary/aromatic N) is 3. The number of carboxylic acids is 1. The van der Waals surface area contributed by atoms with Crippen molar-refractivity contribution in [2.75, 3.05) is 26.2 Å². The van der Waals surface area contributed by atoms with E-state index >= 15 is 0 Å². The van der Waals surface area contributed by atoms with Gasteiger partial charge < -0.3 is 74.6 Å². The van der Waals surface area contributed by atoms with E-state index in [1.807, 2.05) is 5.32 Å². The predicted molar refractivity (Wildman–Crippen MR) is 208 cm³/mol. The highest BCUT2D eigenvalue weighted by molar-refractivity contribution is 5.98. The Morgan fingerprint density at radius 1 is 0.729 bits per heavy atom. The molecule has 0 unspecified atom stereocenters. The lowest BCUT2D eigenvalue weighted by atomic mass is 10.0. The summed E-state index contributed by atoms with van der Waals surface area (Å²) in [4.78, 5) is 124. The molecule has 0 saturated carbocycles. The molecule has 24 heteroatoms. The lowest BCUT2D eigenvalue weighted by Crippen LogP contribution is -2.61. The van der Waals surface area contributed by atoms with Gasteiger partial charge in [-0.15, -0.1) is 0 Å². The van der Waals surface area contributed by atoms with Crippen molar-refractivity contribution in [2.24, 2.45) is 33.8 Å². The molecule has 0 aromatic heterocycles. The highest BCUT2D eigenvalue weighted by Gasteiger charge is 2.45. The number of nitrogens with two attached hydrogens (primary N) is 4. The number of guanidine groups is 1. The van der Waals surface area contributed by atoms with Crippen LogP contribution in [0.5, 0.6) is 0 Å². The SMILES string of the molecule is CC(C)[C@H](NC(=O)[C@H](CCCN=C(N)N)NC(=O)[C@H](CC(N)=O)NC(=O)[C@H](C)N)C(=O)N1CCC[C@H]1C(=O)N1CCC[C@H]1C(=O)N[C@H](C(=O)N[C@@H](CO)C(=O)O)[C@@H](C)O. The molecule has 0 bridgehead atoms. The van der Waals surface area contributed by atoms with E-state index in [1.54, 1.807) is 13.8 Å². The molecule has 2 heterocycles. The van der Waals surface area contributed by atoms with Crippen LogP contribution in [-0.2, 0) is 43.2 Å². The number of rotatable bonds is 22. The fourth-order valence-electron chi connectivity index (χ4n) is 6.59. The molecule has 2 fully saturated rings. The van der Waals surface area contributed by atoms with Crippen molar-refractivity contribution in [1.82, 2.24) is 36.4 Å². The van der Waals surface area contributed by atoms with E-state index in [4.69, 9.17) is 22.9 Å². The number of aliphatic carboxylic acids is 1. The highest BCUT2D eigenvalue weighted by Crippen LogP contribution is 2.26. The Bertz CT molecular complexity index is 1590. The normalized spacial score (nSPS) is 19.9. The summed E-state index contributed by atoms with van der Waals surface area (Å²) in [6.45, 7) is 5.23. The van der Waals surface area contributed by atoms with Crippen molar-refractivity contribution >= 4 is 59.2 Å². The summed E-state index contributed by atoms with van der Waals surface area (Å²) in [5.41, 5.74) is 21.7. The number of hydrogen-bond donors (Lipinski definition) is 12. The summed E-state index contributed by atoms with van der Waals surface area (Å²) in [6, 6.07) is -10.6. The Kier molecular flexibility index (Phi) is 19.4. The Morgan fingerprint density at radius 2 is 1.29 bits per heavy atom. The molecule has 9 atom stereocenters.